The van der Waals surface area contributed by atoms with E-state index in [-0.39, 0.29) is 13.0 Å². The van der Waals surface area contributed by atoms with Crippen molar-refractivity contribution in [3.05, 3.63) is 24.5 Å². The molecule has 6 N–H and O–H groups in total. The molecule has 0 saturated heterocycles. The van der Waals surface area contributed by atoms with Gasteiger partial charge in [-0.2, -0.15) is 0 Å². The van der Waals surface area contributed by atoms with Gasteiger partial charge in [0.1, 0.15) is 43.2 Å². The van der Waals surface area contributed by atoms with Gasteiger partial charge in [0.05, 0.1) is 12.9 Å². The van der Waals surface area contributed by atoms with Crippen molar-refractivity contribution in [2.45, 2.75) is 281 Å². The maximum atomic E-state index is 12.8. The zero-order valence-corrected chi connectivity index (χ0v) is 41.5. The number of carbonyl (C=O) groups excluding carboxylic acids is 1. The lowest BCUT2D eigenvalue weighted by Crippen LogP contribution is -2.64. The fraction of sp³-hybridized carbons (Fsp3) is 0.902. The molecule has 12 nitrogen and oxygen atoms in total. The van der Waals surface area contributed by atoms with Crippen molar-refractivity contribution in [2.75, 3.05) is 13.2 Å². The normalized spacial score (nSPS) is 21.8. The zero-order valence-electron chi connectivity index (χ0n) is 40.6. The summed E-state index contributed by atoms with van der Waals surface area (Å²) in [6, 6.07) is 0. The van der Waals surface area contributed by atoms with Crippen LogP contribution < -0.4 is 0 Å². The van der Waals surface area contributed by atoms with E-state index in [1.54, 1.807) is 0 Å². The van der Waals surface area contributed by atoms with Crippen LogP contribution in [0.25, 0.3) is 0 Å². The molecule has 0 aromatic carbocycles. The average Bonchev–Trinajstić information content (AvgIpc) is 3.28. The quantitative estimate of drug-likeness (QED) is 0.0111. The molecular formula is C51H97O12P. The first kappa shape index (κ1) is 60.7. The third kappa shape index (κ3) is 33.2. The first-order chi connectivity index (χ1) is 31.0. The molecule has 0 aromatic heterocycles. The number of aliphatic hydroxyl groups excluding tert-OH is 5. The Morgan fingerprint density at radius 1 is 0.484 bits per heavy atom. The summed E-state index contributed by atoms with van der Waals surface area (Å²) in [4.78, 5) is 23.2. The molecule has 0 spiro atoms. The lowest BCUT2D eigenvalue weighted by molar-refractivity contribution is -0.220. The summed E-state index contributed by atoms with van der Waals surface area (Å²) in [5.41, 5.74) is 0. The SMILES string of the molecule is CCCCCCCCCC/C=C\CCCCCCCCCC(=O)O[C@H](CO/C=C\CCCCCCCCCCCCCCCCCC)COP(=O)(O)OC1C(O)C(O)C(O)[C@@H](O)C1O. The summed E-state index contributed by atoms with van der Waals surface area (Å²) in [5, 5.41) is 50.3. The molecule has 0 aliphatic heterocycles. The van der Waals surface area contributed by atoms with Crippen LogP contribution in [0.1, 0.15) is 239 Å². The maximum absolute atomic E-state index is 12.8. The highest BCUT2D eigenvalue weighted by Crippen LogP contribution is 2.47. The molecule has 6 unspecified atom stereocenters. The van der Waals surface area contributed by atoms with Gasteiger partial charge in [0, 0.05) is 6.42 Å². The van der Waals surface area contributed by atoms with E-state index in [0.717, 1.165) is 51.4 Å². The molecule has 0 heterocycles. The summed E-state index contributed by atoms with van der Waals surface area (Å²) in [6.45, 7) is 3.76. The van der Waals surface area contributed by atoms with Crippen molar-refractivity contribution < 1.29 is 58.3 Å². The van der Waals surface area contributed by atoms with Crippen LogP contribution in [0.4, 0.5) is 0 Å². The smallest absolute Gasteiger partial charge is 0.472 e. The summed E-state index contributed by atoms with van der Waals surface area (Å²) >= 11 is 0. The number of ether oxygens (including phenoxy) is 2. The number of phosphoric acid groups is 1. The molecule has 0 amide bonds. The van der Waals surface area contributed by atoms with Crippen LogP contribution in [0.2, 0.25) is 0 Å². The fourth-order valence-corrected chi connectivity index (χ4v) is 9.17. The van der Waals surface area contributed by atoms with Gasteiger partial charge >= 0.3 is 13.8 Å². The predicted octanol–water partition coefficient (Wildman–Crippen LogP) is 12.0. The first-order valence-electron chi connectivity index (χ1n) is 26.2. The predicted molar refractivity (Wildman–Crippen MR) is 258 cm³/mol. The topological polar surface area (TPSA) is 192 Å². The molecule has 64 heavy (non-hydrogen) atoms. The average molecular weight is 933 g/mol. The van der Waals surface area contributed by atoms with Gasteiger partial charge in [-0.1, -0.05) is 199 Å². The Morgan fingerprint density at radius 3 is 1.23 bits per heavy atom. The molecule has 1 aliphatic carbocycles. The van der Waals surface area contributed by atoms with Crippen LogP contribution >= 0.6 is 7.82 Å². The lowest BCUT2D eigenvalue weighted by atomic mass is 9.85. The molecule has 13 heteroatoms. The van der Waals surface area contributed by atoms with E-state index in [9.17, 15) is 39.8 Å². The van der Waals surface area contributed by atoms with Crippen LogP contribution in [-0.4, -0.2) is 92.3 Å². The largest absolute Gasteiger partial charge is 0.498 e. The van der Waals surface area contributed by atoms with Crippen molar-refractivity contribution >= 4 is 13.8 Å². The van der Waals surface area contributed by atoms with Gasteiger partial charge < -0.3 is 39.9 Å². The van der Waals surface area contributed by atoms with Crippen molar-refractivity contribution in [2.24, 2.45) is 0 Å². The standard InChI is InChI=1S/C51H97O12P/c1-3-5-7-9-11-13-15-17-19-21-23-24-26-28-30-32-34-36-38-40-45(52)62-44(43-61-64(58,59)63-51-49(56)47(54)46(53)48(55)50(51)57)42-60-41-39-37-35-33-31-29-27-25-22-20-18-16-14-12-10-8-6-4-2/h21,23,39,41,44,46-51,53-57H,3-20,22,24-38,40,42-43H2,1-2H3,(H,58,59)/b23-21-,41-39-/t44-,46?,47-,48?,49?,50?,51?/m1/s1. The molecule has 0 bridgehead atoms. The summed E-state index contributed by atoms with van der Waals surface area (Å²) in [5.74, 6) is -0.500. The number of unbranched alkanes of at least 4 members (excludes halogenated alkanes) is 31. The van der Waals surface area contributed by atoms with Gasteiger partial charge in [-0.15, -0.1) is 0 Å². The van der Waals surface area contributed by atoms with E-state index in [1.807, 2.05) is 6.08 Å². The fourth-order valence-electron chi connectivity index (χ4n) is 8.20. The molecule has 1 fully saturated rings. The second kappa shape index (κ2) is 41.8. The Morgan fingerprint density at radius 2 is 0.828 bits per heavy atom. The molecule has 0 aromatic rings. The van der Waals surface area contributed by atoms with Crippen molar-refractivity contribution in [3.8, 4) is 0 Å². The Hall–Kier alpha value is -1.34. The second-order valence-corrected chi connectivity index (χ2v) is 19.9. The highest BCUT2D eigenvalue weighted by atomic mass is 31.2. The molecule has 0 radical (unpaired) electrons. The Balaban J connectivity index is 2.36. The zero-order chi connectivity index (χ0) is 46.9. The van der Waals surface area contributed by atoms with Crippen LogP contribution in [0.15, 0.2) is 24.5 Å². The second-order valence-electron chi connectivity index (χ2n) is 18.4. The monoisotopic (exact) mass is 933 g/mol. The van der Waals surface area contributed by atoms with Gasteiger partial charge in [-0.3, -0.25) is 13.8 Å². The van der Waals surface area contributed by atoms with Crippen molar-refractivity contribution in [3.63, 3.8) is 0 Å². The maximum Gasteiger partial charge on any atom is 0.472 e. The summed E-state index contributed by atoms with van der Waals surface area (Å²) in [7, 11) is -5.04. The number of esters is 1. The number of rotatable bonds is 45. The number of hydrogen-bond donors (Lipinski definition) is 6. The Kier molecular flexibility index (Phi) is 39.6. The van der Waals surface area contributed by atoms with E-state index >= 15 is 0 Å². The number of aliphatic hydroxyl groups is 5. The van der Waals surface area contributed by atoms with Crippen molar-refractivity contribution in [1.29, 1.82) is 0 Å². The number of carbonyl (C=O) groups is 1. The summed E-state index contributed by atoms with van der Waals surface area (Å²) < 4.78 is 34.1. The molecular weight excluding hydrogens is 836 g/mol. The van der Waals surface area contributed by atoms with E-state index < -0.39 is 63.1 Å². The highest BCUT2D eigenvalue weighted by Gasteiger charge is 2.51. The van der Waals surface area contributed by atoms with E-state index in [0.29, 0.717) is 6.42 Å². The van der Waals surface area contributed by atoms with E-state index in [4.69, 9.17) is 18.5 Å². The molecule has 378 valence electrons. The van der Waals surface area contributed by atoms with Gasteiger partial charge in [0.15, 0.2) is 6.10 Å². The third-order valence-electron chi connectivity index (χ3n) is 12.4. The van der Waals surface area contributed by atoms with Crippen LogP contribution in [-0.2, 0) is 27.9 Å². The van der Waals surface area contributed by atoms with E-state index in [2.05, 4.69) is 26.0 Å². The van der Waals surface area contributed by atoms with E-state index in [1.165, 1.54) is 167 Å². The lowest BCUT2D eigenvalue weighted by Gasteiger charge is -2.41. The number of allylic oxidation sites excluding steroid dienone is 3. The van der Waals surface area contributed by atoms with Crippen LogP contribution in [0, 0.1) is 0 Å². The number of phosphoric ester groups is 1. The Labute approximate surface area is 390 Å². The molecule has 1 rings (SSSR count). The third-order valence-corrected chi connectivity index (χ3v) is 13.4. The number of hydrogen-bond acceptors (Lipinski definition) is 11. The minimum Gasteiger partial charge on any atom is -0.498 e. The van der Waals surface area contributed by atoms with Crippen LogP contribution in [0.5, 0.6) is 0 Å². The highest BCUT2D eigenvalue weighted by molar-refractivity contribution is 7.47. The molecule has 8 atom stereocenters. The van der Waals surface area contributed by atoms with Gasteiger partial charge in [-0.25, -0.2) is 4.57 Å². The minimum atomic E-state index is -5.04. The summed E-state index contributed by atoms with van der Waals surface area (Å²) in [6.07, 6.45) is 37.5. The van der Waals surface area contributed by atoms with Crippen molar-refractivity contribution in [1.82, 2.24) is 0 Å². The van der Waals surface area contributed by atoms with Gasteiger partial charge in [-0.05, 0) is 51.0 Å². The van der Waals surface area contributed by atoms with Gasteiger partial charge in [0.2, 0.25) is 0 Å². The minimum absolute atomic E-state index is 0.159. The molecule has 1 aliphatic rings. The Bertz CT molecular complexity index is 1150. The first-order valence-corrected chi connectivity index (χ1v) is 27.7. The van der Waals surface area contributed by atoms with Gasteiger partial charge in [0.25, 0.3) is 0 Å². The van der Waals surface area contributed by atoms with Crippen LogP contribution in [0.3, 0.4) is 0 Å². The molecule has 1 saturated carbocycles.